The van der Waals surface area contributed by atoms with E-state index in [1.807, 2.05) is 62.9 Å². The zero-order valence-corrected chi connectivity index (χ0v) is 17.1. The molecule has 1 saturated heterocycles. The van der Waals surface area contributed by atoms with Crippen LogP contribution in [0.4, 0.5) is 11.4 Å². The van der Waals surface area contributed by atoms with Crippen LogP contribution in [-0.2, 0) is 4.79 Å². The second kappa shape index (κ2) is 8.11. The minimum atomic E-state index is -0.0726. The van der Waals surface area contributed by atoms with Gasteiger partial charge in [-0.2, -0.15) is 0 Å². The first-order chi connectivity index (χ1) is 12.1. The van der Waals surface area contributed by atoms with Gasteiger partial charge in [0, 0.05) is 45.0 Å². The number of piperidine rings is 1. The molecule has 0 atom stereocenters. The molecule has 5 heteroatoms. The van der Waals surface area contributed by atoms with E-state index in [1.165, 1.54) is 0 Å². The third kappa shape index (κ3) is 5.48. The van der Waals surface area contributed by atoms with E-state index in [4.69, 9.17) is 0 Å². The van der Waals surface area contributed by atoms with Crippen molar-refractivity contribution in [2.45, 2.75) is 47.0 Å². The topological polar surface area (TPSA) is 52.7 Å². The van der Waals surface area contributed by atoms with Crippen molar-refractivity contribution in [3.05, 3.63) is 23.8 Å². The van der Waals surface area contributed by atoms with Gasteiger partial charge in [0.15, 0.2) is 0 Å². The number of benzene rings is 1. The molecule has 2 rings (SSSR count). The van der Waals surface area contributed by atoms with Crippen LogP contribution in [0.2, 0.25) is 0 Å². The van der Waals surface area contributed by atoms with Crippen LogP contribution >= 0.6 is 0 Å². The van der Waals surface area contributed by atoms with E-state index in [1.54, 1.807) is 0 Å². The molecule has 1 aliphatic heterocycles. The normalized spacial score (nSPS) is 15.7. The first kappa shape index (κ1) is 20.3. The van der Waals surface area contributed by atoms with Crippen molar-refractivity contribution < 1.29 is 9.59 Å². The van der Waals surface area contributed by atoms with Crippen LogP contribution in [0, 0.1) is 11.3 Å². The van der Waals surface area contributed by atoms with E-state index in [-0.39, 0.29) is 17.2 Å². The van der Waals surface area contributed by atoms with Crippen molar-refractivity contribution in [3.63, 3.8) is 0 Å². The first-order valence-corrected chi connectivity index (χ1v) is 9.47. The predicted octanol–water partition coefficient (Wildman–Crippen LogP) is 4.00. The van der Waals surface area contributed by atoms with E-state index in [0.29, 0.717) is 23.6 Å². The molecule has 1 fully saturated rings. The van der Waals surface area contributed by atoms with Gasteiger partial charge >= 0.3 is 0 Å². The Kier molecular flexibility index (Phi) is 6.32. The fourth-order valence-corrected chi connectivity index (χ4v) is 3.24. The highest BCUT2D eigenvalue weighted by atomic mass is 16.2. The van der Waals surface area contributed by atoms with Crippen molar-refractivity contribution in [2.24, 2.45) is 11.3 Å². The van der Waals surface area contributed by atoms with Gasteiger partial charge < -0.3 is 15.1 Å². The molecule has 1 aromatic carbocycles. The minimum absolute atomic E-state index is 0.0275. The molecule has 0 saturated carbocycles. The molecule has 2 amide bonds. The van der Waals surface area contributed by atoms with E-state index < -0.39 is 0 Å². The number of anilines is 2. The molecule has 1 aromatic rings. The van der Waals surface area contributed by atoms with Crippen molar-refractivity contribution >= 4 is 23.2 Å². The van der Waals surface area contributed by atoms with E-state index in [0.717, 1.165) is 31.6 Å². The summed E-state index contributed by atoms with van der Waals surface area (Å²) in [6.45, 7) is 9.94. The zero-order chi connectivity index (χ0) is 19.5. The second-order valence-corrected chi connectivity index (χ2v) is 8.89. The van der Waals surface area contributed by atoms with Crippen LogP contribution in [0.25, 0.3) is 0 Å². The Morgan fingerprint density at radius 2 is 1.81 bits per heavy atom. The van der Waals surface area contributed by atoms with E-state index >= 15 is 0 Å². The Hall–Kier alpha value is -2.04. The number of carbonyl (C=O) groups is 2. The molecular weight excluding hydrogens is 326 g/mol. The number of hydrogen-bond acceptors (Lipinski definition) is 3. The maximum Gasteiger partial charge on any atom is 0.256 e. The highest BCUT2D eigenvalue weighted by Crippen LogP contribution is 2.27. The molecule has 0 spiro atoms. The van der Waals surface area contributed by atoms with Crippen molar-refractivity contribution in [1.82, 2.24) is 4.90 Å². The molecule has 0 aliphatic carbocycles. The summed E-state index contributed by atoms with van der Waals surface area (Å²) in [6.07, 6.45) is 2.53. The van der Waals surface area contributed by atoms with Crippen molar-refractivity contribution in [1.29, 1.82) is 0 Å². The molecule has 0 bridgehead atoms. The van der Waals surface area contributed by atoms with Crippen molar-refractivity contribution in [3.8, 4) is 0 Å². The van der Waals surface area contributed by atoms with E-state index in [2.05, 4.69) is 12.2 Å². The smallest absolute Gasteiger partial charge is 0.256 e. The molecular formula is C21H33N3O2. The molecule has 1 N–H and O–H groups in total. The summed E-state index contributed by atoms with van der Waals surface area (Å²) in [5.74, 6) is 0.697. The lowest BCUT2D eigenvalue weighted by Crippen LogP contribution is -2.38. The SMILES string of the molecule is CC1CCN(C(=O)c2cc(NC(=O)CC(C)(C)C)ccc2N(C)C)CC1. The van der Waals surface area contributed by atoms with Crippen LogP contribution in [-0.4, -0.2) is 43.9 Å². The average Bonchev–Trinajstić information content (AvgIpc) is 2.52. The lowest BCUT2D eigenvalue weighted by atomic mass is 9.92. The Labute approximate surface area is 157 Å². The highest BCUT2D eigenvalue weighted by molar-refractivity contribution is 6.02. The van der Waals surface area contributed by atoms with Crippen LogP contribution in [0.1, 0.15) is 57.3 Å². The summed E-state index contributed by atoms with van der Waals surface area (Å²) in [6, 6.07) is 5.59. The maximum absolute atomic E-state index is 13.1. The second-order valence-electron chi connectivity index (χ2n) is 8.89. The molecule has 0 aromatic heterocycles. The zero-order valence-electron chi connectivity index (χ0n) is 17.1. The van der Waals surface area contributed by atoms with Gasteiger partial charge in [-0.05, 0) is 42.4 Å². The number of likely N-dealkylation sites (tertiary alicyclic amines) is 1. The summed E-state index contributed by atoms with van der Waals surface area (Å²) in [5.41, 5.74) is 2.13. The fourth-order valence-electron chi connectivity index (χ4n) is 3.24. The number of carbonyl (C=O) groups excluding carboxylic acids is 2. The molecule has 0 unspecified atom stereocenters. The number of amides is 2. The summed E-state index contributed by atoms with van der Waals surface area (Å²) in [4.78, 5) is 29.2. The summed E-state index contributed by atoms with van der Waals surface area (Å²) in [7, 11) is 3.87. The Bertz CT molecular complexity index is 654. The summed E-state index contributed by atoms with van der Waals surface area (Å²) < 4.78 is 0. The highest BCUT2D eigenvalue weighted by Gasteiger charge is 2.24. The largest absolute Gasteiger partial charge is 0.377 e. The van der Waals surface area contributed by atoms with Crippen LogP contribution in [0.15, 0.2) is 18.2 Å². The van der Waals surface area contributed by atoms with Crippen molar-refractivity contribution in [2.75, 3.05) is 37.4 Å². The van der Waals surface area contributed by atoms with Gasteiger partial charge in [-0.1, -0.05) is 27.7 Å². The number of nitrogens with zero attached hydrogens (tertiary/aromatic N) is 2. The lowest BCUT2D eigenvalue weighted by Gasteiger charge is -2.31. The molecule has 1 heterocycles. The van der Waals surface area contributed by atoms with Gasteiger partial charge in [0.25, 0.3) is 5.91 Å². The molecule has 144 valence electrons. The molecule has 1 aliphatic rings. The van der Waals surface area contributed by atoms with Gasteiger partial charge in [-0.25, -0.2) is 0 Å². The van der Waals surface area contributed by atoms with Crippen LogP contribution in [0.5, 0.6) is 0 Å². The molecule has 5 nitrogen and oxygen atoms in total. The fraction of sp³-hybridized carbons (Fsp3) is 0.619. The Balaban J connectivity index is 2.22. The lowest BCUT2D eigenvalue weighted by molar-refractivity contribution is -0.117. The maximum atomic E-state index is 13.1. The first-order valence-electron chi connectivity index (χ1n) is 9.47. The summed E-state index contributed by atoms with van der Waals surface area (Å²) in [5, 5.41) is 2.94. The minimum Gasteiger partial charge on any atom is -0.377 e. The Morgan fingerprint density at radius 3 is 2.35 bits per heavy atom. The third-order valence-electron chi connectivity index (χ3n) is 4.75. The van der Waals surface area contributed by atoms with Gasteiger partial charge in [-0.3, -0.25) is 9.59 Å². The molecule has 0 radical (unpaired) electrons. The number of rotatable bonds is 4. The van der Waals surface area contributed by atoms with Crippen LogP contribution < -0.4 is 10.2 Å². The van der Waals surface area contributed by atoms with Gasteiger partial charge in [0.1, 0.15) is 0 Å². The average molecular weight is 360 g/mol. The van der Waals surface area contributed by atoms with E-state index in [9.17, 15) is 9.59 Å². The van der Waals surface area contributed by atoms with Gasteiger partial charge in [-0.15, -0.1) is 0 Å². The standard InChI is InChI=1S/C21H33N3O2/c1-15-9-11-24(12-10-15)20(26)17-13-16(7-8-18(17)23(5)6)22-19(25)14-21(2,3)4/h7-8,13,15H,9-12,14H2,1-6H3,(H,22,25). The third-order valence-corrected chi connectivity index (χ3v) is 4.75. The summed E-state index contributed by atoms with van der Waals surface area (Å²) >= 11 is 0. The quantitative estimate of drug-likeness (QED) is 0.884. The van der Waals surface area contributed by atoms with Gasteiger partial charge in [0.05, 0.1) is 5.56 Å². The Morgan fingerprint density at radius 1 is 1.19 bits per heavy atom. The number of hydrogen-bond donors (Lipinski definition) is 1. The number of nitrogens with one attached hydrogen (secondary N) is 1. The van der Waals surface area contributed by atoms with Gasteiger partial charge in [0.2, 0.25) is 5.91 Å². The van der Waals surface area contributed by atoms with Crippen LogP contribution in [0.3, 0.4) is 0 Å². The predicted molar refractivity (Wildman–Crippen MR) is 108 cm³/mol. The molecule has 26 heavy (non-hydrogen) atoms. The monoisotopic (exact) mass is 359 g/mol.